The molecule has 2 aromatic carbocycles. The summed E-state index contributed by atoms with van der Waals surface area (Å²) in [5.41, 5.74) is 10.7. The summed E-state index contributed by atoms with van der Waals surface area (Å²) in [6, 6.07) is 17.9. The Labute approximate surface area is 391 Å². The molecule has 4 aromatic rings. The van der Waals surface area contributed by atoms with E-state index < -0.39 is 0 Å². The lowest BCUT2D eigenvalue weighted by molar-refractivity contribution is 0.0962. The first-order chi connectivity index (χ1) is 29.7. The van der Waals surface area contributed by atoms with Crippen LogP contribution < -0.4 is 5.32 Å². The number of aromatic nitrogens is 2. The molecule has 6 heterocycles. The lowest BCUT2D eigenvalue weighted by Crippen LogP contribution is -2.46. The van der Waals surface area contributed by atoms with Crippen LogP contribution in [-0.2, 0) is 25.7 Å². The van der Waals surface area contributed by atoms with Crippen molar-refractivity contribution in [3.63, 3.8) is 0 Å². The number of fused-ring (bicyclic) bond motifs is 4. The summed E-state index contributed by atoms with van der Waals surface area (Å²) >= 11 is 20.0. The summed E-state index contributed by atoms with van der Waals surface area (Å²) < 4.78 is 2.13. The second kappa shape index (κ2) is 20.1. The van der Waals surface area contributed by atoms with E-state index in [9.17, 15) is 5.02 Å². The zero-order valence-corrected chi connectivity index (χ0v) is 40.3. The van der Waals surface area contributed by atoms with Crippen LogP contribution in [0.5, 0.6) is 0 Å². The fourth-order valence-electron chi connectivity index (χ4n) is 11.9. The number of halogens is 4. The standard InChI is InChI=1S/C25H32BBrClN3O.C24H29BrClN3/c1-26(32)31-12-8-18(9-13-31)17-6-10-30(11-7-17)25-23-5-4-22(28)15-19(23)2-3-20-14-21(27)16-29-24(20)25;25-20-13-19-2-1-18-14-21(26)3-4-22(18)24(23(19)28-15-20)29-11-7-17(8-12-29)16-5-9-27-10-6-16/h4-5,14-18,25,32H,2-3,6-13H2,1H3;3-4,13-17,24,27H,1-2,5-12H2. The maximum Gasteiger partial charge on any atom is 0.376 e. The largest absolute Gasteiger partial charge is 0.437 e. The van der Waals surface area contributed by atoms with Crippen molar-refractivity contribution in [2.75, 3.05) is 52.4 Å². The molecule has 2 aliphatic carbocycles. The van der Waals surface area contributed by atoms with E-state index in [0.717, 1.165) is 94.5 Å². The average molecular weight is 992 g/mol. The Balaban J connectivity index is 0.000000157. The van der Waals surface area contributed by atoms with Crippen molar-refractivity contribution in [2.45, 2.75) is 96.0 Å². The zero-order chi connectivity index (χ0) is 42.0. The number of nitrogens with zero attached hydrogens (tertiary/aromatic N) is 5. The number of nitrogens with one attached hydrogen (secondary N) is 1. The molecule has 2 atom stereocenters. The molecule has 0 radical (unpaired) electrons. The Hall–Kier alpha value is -1.86. The van der Waals surface area contributed by atoms with E-state index in [1.165, 1.54) is 122 Å². The molecule has 4 aliphatic heterocycles. The number of rotatable bonds is 5. The van der Waals surface area contributed by atoms with Gasteiger partial charge in [0.15, 0.2) is 0 Å². The minimum absolute atomic E-state index is 0.214. The molecule has 324 valence electrons. The van der Waals surface area contributed by atoms with Gasteiger partial charge in [0.05, 0.1) is 23.5 Å². The fraction of sp³-hybridized carbons (Fsp3) is 0.551. The third-order valence-electron chi connectivity index (χ3n) is 15.3. The van der Waals surface area contributed by atoms with Crippen molar-refractivity contribution < 1.29 is 5.02 Å². The molecule has 2 unspecified atom stereocenters. The molecule has 0 amide bonds. The van der Waals surface area contributed by atoms with Gasteiger partial charge in [-0.25, -0.2) is 0 Å². The number of pyridine rings is 2. The second-order valence-corrected chi connectivity index (χ2v) is 21.4. The van der Waals surface area contributed by atoms with E-state index in [0.29, 0.717) is 0 Å². The predicted octanol–water partition coefficient (Wildman–Crippen LogP) is 10.6. The maximum absolute atomic E-state index is 9.87. The number of benzene rings is 2. The van der Waals surface area contributed by atoms with Crippen molar-refractivity contribution in [3.8, 4) is 0 Å². The van der Waals surface area contributed by atoms with Crippen molar-refractivity contribution in [3.05, 3.63) is 125 Å². The molecule has 4 fully saturated rings. The van der Waals surface area contributed by atoms with Crippen molar-refractivity contribution in [1.29, 1.82) is 0 Å². The van der Waals surface area contributed by atoms with Crippen molar-refractivity contribution in [2.24, 2.45) is 23.7 Å². The van der Waals surface area contributed by atoms with E-state index in [1.54, 1.807) is 0 Å². The first kappa shape index (κ1) is 44.4. The van der Waals surface area contributed by atoms with Gasteiger partial charge < -0.3 is 15.2 Å². The highest BCUT2D eigenvalue weighted by Crippen LogP contribution is 2.43. The van der Waals surface area contributed by atoms with Gasteiger partial charge in [-0.2, -0.15) is 0 Å². The zero-order valence-electron chi connectivity index (χ0n) is 35.7. The van der Waals surface area contributed by atoms with Gasteiger partial charge in [0.1, 0.15) is 0 Å². The second-order valence-electron chi connectivity index (χ2n) is 18.7. The number of hydrogen-bond acceptors (Lipinski definition) is 7. The molecular weight excluding hydrogens is 930 g/mol. The molecule has 2 N–H and O–H groups in total. The highest BCUT2D eigenvalue weighted by atomic mass is 79.9. The highest BCUT2D eigenvalue weighted by molar-refractivity contribution is 9.10. The summed E-state index contributed by atoms with van der Waals surface area (Å²) in [5.74, 6) is 3.41. The van der Waals surface area contributed by atoms with Crippen LogP contribution in [0.1, 0.15) is 108 Å². The molecule has 7 nitrogen and oxygen atoms in total. The normalized spacial score (nSPS) is 23.7. The van der Waals surface area contributed by atoms with Crippen LogP contribution in [0.3, 0.4) is 0 Å². The summed E-state index contributed by atoms with van der Waals surface area (Å²) in [5, 5.41) is 15.1. The topological polar surface area (TPSA) is 67.8 Å². The van der Waals surface area contributed by atoms with Crippen LogP contribution in [0.4, 0.5) is 0 Å². The van der Waals surface area contributed by atoms with E-state index >= 15 is 0 Å². The Morgan fingerprint density at radius 3 is 1.39 bits per heavy atom. The quantitative estimate of drug-likeness (QED) is 0.193. The summed E-state index contributed by atoms with van der Waals surface area (Å²) in [6.07, 6.45) is 18.3. The Morgan fingerprint density at radius 1 is 0.574 bits per heavy atom. The molecule has 0 bridgehead atoms. The fourth-order valence-corrected chi connectivity index (χ4v) is 13.1. The van der Waals surface area contributed by atoms with Gasteiger partial charge in [0.25, 0.3) is 0 Å². The molecule has 0 spiro atoms. The molecule has 2 aromatic heterocycles. The third kappa shape index (κ3) is 10.2. The lowest BCUT2D eigenvalue weighted by Gasteiger charge is -2.43. The molecule has 10 rings (SSSR count). The Bertz CT molecular complexity index is 2030. The van der Waals surface area contributed by atoms with Crippen LogP contribution in [0, 0.1) is 23.7 Å². The Morgan fingerprint density at radius 2 is 0.967 bits per heavy atom. The first-order valence-corrected chi connectivity index (χ1v) is 25.5. The summed E-state index contributed by atoms with van der Waals surface area (Å²) in [4.78, 5) is 17.4. The molecule has 4 saturated heterocycles. The van der Waals surface area contributed by atoms with E-state index in [1.807, 2.05) is 25.3 Å². The molecule has 61 heavy (non-hydrogen) atoms. The predicted molar refractivity (Wildman–Crippen MR) is 258 cm³/mol. The Kier molecular flexibility index (Phi) is 14.6. The van der Waals surface area contributed by atoms with Crippen molar-refractivity contribution >= 4 is 62.1 Å². The van der Waals surface area contributed by atoms with E-state index in [2.05, 4.69) is 94.3 Å². The minimum atomic E-state index is -0.311. The van der Waals surface area contributed by atoms with Gasteiger partial charge >= 0.3 is 7.05 Å². The van der Waals surface area contributed by atoms with Crippen LogP contribution in [0.25, 0.3) is 0 Å². The monoisotopic (exact) mass is 988 g/mol. The lowest BCUT2D eigenvalue weighted by atomic mass is 9.75. The number of hydrogen-bond donors (Lipinski definition) is 2. The van der Waals surface area contributed by atoms with Crippen LogP contribution in [0.15, 0.2) is 69.9 Å². The van der Waals surface area contributed by atoms with Gasteiger partial charge in [-0.3, -0.25) is 19.8 Å². The molecule has 12 heteroatoms. The first-order valence-electron chi connectivity index (χ1n) is 23.1. The maximum atomic E-state index is 9.87. The van der Waals surface area contributed by atoms with Crippen molar-refractivity contribution in [1.82, 2.24) is 29.9 Å². The highest BCUT2D eigenvalue weighted by Gasteiger charge is 2.37. The number of likely N-dealkylation sites (tertiary alicyclic amines) is 2. The molecular formula is C49H61BBr2Cl2N6O. The van der Waals surface area contributed by atoms with Crippen LogP contribution >= 0.6 is 55.1 Å². The molecule has 0 saturated carbocycles. The van der Waals surface area contributed by atoms with Crippen LogP contribution in [0.2, 0.25) is 16.9 Å². The van der Waals surface area contributed by atoms with Gasteiger partial charge in [-0.1, -0.05) is 35.3 Å². The SMILES string of the molecule is CB(O)N1CCC(C2CCN(C3c4ccc(Cl)cc4CCc4cc(Br)cnc43)CC2)CC1.Clc1ccc2c(c1)CCc1cc(Br)cnc1C2N1CCC(C2CCNCC2)CC1. The summed E-state index contributed by atoms with van der Waals surface area (Å²) in [6.45, 7) is 10.9. The number of aryl methyl sites for hydroxylation is 4. The minimum Gasteiger partial charge on any atom is -0.437 e. The van der Waals surface area contributed by atoms with Crippen LogP contribution in [-0.4, -0.2) is 89.0 Å². The average Bonchev–Trinajstić information content (AvgIpc) is 3.54. The van der Waals surface area contributed by atoms with Gasteiger partial charge in [-0.05, 0) is 262 Å². The molecule has 6 aliphatic rings. The summed E-state index contributed by atoms with van der Waals surface area (Å²) in [7, 11) is -0.311. The van der Waals surface area contributed by atoms with Gasteiger partial charge in [0, 0.05) is 31.4 Å². The van der Waals surface area contributed by atoms with E-state index in [-0.39, 0.29) is 19.1 Å². The smallest absolute Gasteiger partial charge is 0.376 e. The van der Waals surface area contributed by atoms with E-state index in [4.69, 9.17) is 33.2 Å². The third-order valence-corrected chi connectivity index (χ3v) is 16.6. The van der Waals surface area contributed by atoms with Gasteiger partial charge in [-0.15, -0.1) is 0 Å². The number of piperidine rings is 4. The van der Waals surface area contributed by atoms with Gasteiger partial charge in [0.2, 0.25) is 0 Å².